The van der Waals surface area contributed by atoms with Crippen LogP contribution in [0.15, 0.2) is 53.7 Å². The molecule has 2 aromatic carbocycles. The van der Waals surface area contributed by atoms with Crippen molar-refractivity contribution in [2.24, 2.45) is 0 Å². The van der Waals surface area contributed by atoms with Gasteiger partial charge < -0.3 is 5.32 Å². The summed E-state index contributed by atoms with van der Waals surface area (Å²) in [6, 6.07) is 13.5. The molecule has 0 fully saturated rings. The fraction of sp³-hybridized carbons (Fsp3) is 0.176. The summed E-state index contributed by atoms with van der Waals surface area (Å²) in [6.07, 6.45) is 0. The molecule has 8 heteroatoms. The molecule has 25 heavy (non-hydrogen) atoms. The predicted molar refractivity (Wildman–Crippen MR) is 94.2 cm³/mol. The zero-order chi connectivity index (χ0) is 17.8. The topological polar surface area (TPSA) is 72.7 Å². The Labute approximate surface area is 148 Å². The molecule has 1 heterocycles. The molecule has 0 aliphatic carbocycles. The van der Waals surface area contributed by atoms with Crippen molar-refractivity contribution in [3.63, 3.8) is 0 Å². The molecule has 3 rings (SSSR count). The van der Waals surface area contributed by atoms with Crippen molar-refractivity contribution >= 4 is 23.4 Å². The van der Waals surface area contributed by atoms with Crippen molar-refractivity contribution in [2.75, 3.05) is 5.32 Å². The van der Waals surface area contributed by atoms with Crippen LogP contribution in [0.2, 0.25) is 0 Å². The van der Waals surface area contributed by atoms with Crippen LogP contribution >= 0.6 is 11.8 Å². The maximum atomic E-state index is 13.2. The Morgan fingerprint density at radius 3 is 2.80 bits per heavy atom. The molecule has 0 aliphatic rings. The lowest BCUT2D eigenvalue weighted by Crippen LogP contribution is -2.23. The number of carbonyl (C=O) groups is 1. The smallest absolute Gasteiger partial charge is 0.237 e. The van der Waals surface area contributed by atoms with Crippen molar-refractivity contribution in [2.45, 2.75) is 24.3 Å². The Morgan fingerprint density at radius 2 is 2.04 bits per heavy atom. The van der Waals surface area contributed by atoms with E-state index in [1.807, 2.05) is 31.2 Å². The number of hydrogen-bond donors (Lipinski definition) is 1. The number of halogens is 1. The summed E-state index contributed by atoms with van der Waals surface area (Å²) in [7, 11) is 0. The number of amides is 1. The maximum Gasteiger partial charge on any atom is 0.237 e. The summed E-state index contributed by atoms with van der Waals surface area (Å²) in [5.74, 6) is -0.656. The first kappa shape index (κ1) is 17.1. The number of nitrogens with one attached hydrogen (secondary N) is 1. The Hall–Kier alpha value is -2.74. The van der Waals surface area contributed by atoms with Gasteiger partial charge in [0.2, 0.25) is 11.1 Å². The standard InChI is InChI=1S/C17H16FN5OS/c1-11-6-3-4-9-15(11)23-17(20-21-22-23)25-12(2)16(24)19-14-8-5-7-13(18)10-14/h3-10,12H,1-2H3,(H,19,24)/t12-/m1/s1. The van der Waals surface area contributed by atoms with Crippen LogP contribution in [0.3, 0.4) is 0 Å². The number of hydrogen-bond acceptors (Lipinski definition) is 5. The van der Waals surface area contributed by atoms with Crippen LogP contribution in [0.5, 0.6) is 0 Å². The van der Waals surface area contributed by atoms with Gasteiger partial charge in [-0.3, -0.25) is 4.79 Å². The average molecular weight is 357 g/mol. The van der Waals surface area contributed by atoms with Crippen LogP contribution in [-0.2, 0) is 4.79 Å². The Balaban J connectivity index is 1.74. The SMILES string of the molecule is Cc1ccccc1-n1nnnc1S[C@H](C)C(=O)Nc1cccc(F)c1. The lowest BCUT2D eigenvalue weighted by molar-refractivity contribution is -0.115. The molecule has 0 saturated carbocycles. The van der Waals surface area contributed by atoms with Gasteiger partial charge in [-0.2, -0.15) is 4.68 Å². The zero-order valence-corrected chi connectivity index (χ0v) is 14.5. The number of thioether (sulfide) groups is 1. The molecule has 6 nitrogen and oxygen atoms in total. The summed E-state index contributed by atoms with van der Waals surface area (Å²) in [6.45, 7) is 3.71. The Kier molecular flexibility index (Phi) is 5.08. The number of para-hydroxylation sites is 1. The highest BCUT2D eigenvalue weighted by atomic mass is 32.2. The fourth-order valence-electron chi connectivity index (χ4n) is 2.23. The van der Waals surface area contributed by atoms with E-state index < -0.39 is 11.1 Å². The van der Waals surface area contributed by atoms with Crippen LogP contribution in [0.25, 0.3) is 5.69 Å². The minimum absolute atomic E-state index is 0.255. The van der Waals surface area contributed by atoms with E-state index in [1.54, 1.807) is 23.7 Å². The van der Waals surface area contributed by atoms with Crippen molar-refractivity contribution in [3.8, 4) is 5.69 Å². The van der Waals surface area contributed by atoms with Crippen molar-refractivity contribution in [1.82, 2.24) is 20.2 Å². The first-order valence-electron chi connectivity index (χ1n) is 7.62. The first-order chi connectivity index (χ1) is 12.0. The van der Waals surface area contributed by atoms with Crippen LogP contribution in [0.4, 0.5) is 10.1 Å². The normalized spacial score (nSPS) is 12.0. The van der Waals surface area contributed by atoms with E-state index >= 15 is 0 Å². The highest BCUT2D eigenvalue weighted by Gasteiger charge is 2.20. The van der Waals surface area contributed by atoms with E-state index in [4.69, 9.17) is 0 Å². The molecule has 0 aliphatic heterocycles. The van der Waals surface area contributed by atoms with Gasteiger partial charge >= 0.3 is 0 Å². The van der Waals surface area contributed by atoms with E-state index in [9.17, 15) is 9.18 Å². The number of rotatable bonds is 5. The highest BCUT2D eigenvalue weighted by molar-refractivity contribution is 8.00. The minimum Gasteiger partial charge on any atom is -0.325 e. The fourth-order valence-corrected chi connectivity index (χ4v) is 3.03. The van der Waals surface area contributed by atoms with Crippen LogP contribution in [0, 0.1) is 12.7 Å². The molecule has 0 radical (unpaired) electrons. The summed E-state index contributed by atoms with van der Waals surface area (Å²) in [5, 5.41) is 14.5. The van der Waals surface area contributed by atoms with E-state index in [2.05, 4.69) is 20.8 Å². The van der Waals surface area contributed by atoms with Gasteiger partial charge in [0, 0.05) is 5.69 Å². The summed E-state index contributed by atoms with van der Waals surface area (Å²) >= 11 is 1.23. The number of anilines is 1. The van der Waals surface area contributed by atoms with Gasteiger partial charge in [-0.1, -0.05) is 36.0 Å². The van der Waals surface area contributed by atoms with Crippen molar-refractivity contribution in [3.05, 3.63) is 59.9 Å². The molecule has 0 saturated heterocycles. The first-order valence-corrected chi connectivity index (χ1v) is 8.50. The second-order valence-corrected chi connectivity index (χ2v) is 6.73. The summed E-state index contributed by atoms with van der Waals surface area (Å²) in [5.41, 5.74) is 2.29. The molecule has 1 amide bonds. The lowest BCUT2D eigenvalue weighted by Gasteiger charge is -2.12. The second-order valence-electron chi connectivity index (χ2n) is 5.42. The van der Waals surface area contributed by atoms with Crippen LogP contribution in [-0.4, -0.2) is 31.4 Å². The van der Waals surface area contributed by atoms with Gasteiger partial charge in [0.15, 0.2) is 0 Å². The predicted octanol–water partition coefficient (Wildman–Crippen LogP) is 3.23. The third-order valence-corrected chi connectivity index (χ3v) is 4.56. The molecule has 128 valence electrons. The molecule has 3 aromatic rings. The minimum atomic E-state index is -0.461. The molecule has 1 atom stereocenters. The number of nitrogens with zero attached hydrogens (tertiary/aromatic N) is 4. The molecule has 1 N–H and O–H groups in total. The monoisotopic (exact) mass is 357 g/mol. The van der Waals surface area contributed by atoms with Gasteiger partial charge in [0.1, 0.15) is 5.82 Å². The van der Waals surface area contributed by atoms with Gasteiger partial charge in [0.05, 0.1) is 10.9 Å². The second kappa shape index (κ2) is 7.43. The number of aromatic nitrogens is 4. The van der Waals surface area contributed by atoms with Gasteiger partial charge in [-0.15, -0.1) is 5.10 Å². The number of aryl methyl sites for hydroxylation is 1. The molecular weight excluding hydrogens is 341 g/mol. The molecule has 1 aromatic heterocycles. The van der Waals surface area contributed by atoms with Crippen LogP contribution in [0.1, 0.15) is 12.5 Å². The Bertz CT molecular complexity index is 898. The number of tetrazole rings is 1. The highest BCUT2D eigenvalue weighted by Crippen LogP contribution is 2.25. The average Bonchev–Trinajstić information content (AvgIpc) is 3.03. The van der Waals surface area contributed by atoms with Gasteiger partial charge in [0.25, 0.3) is 0 Å². The molecule has 0 bridgehead atoms. The quantitative estimate of drug-likeness (QED) is 0.710. The number of carbonyl (C=O) groups excluding carboxylic acids is 1. The molecule has 0 spiro atoms. The van der Waals surface area contributed by atoms with Gasteiger partial charge in [-0.05, 0) is 54.1 Å². The van der Waals surface area contributed by atoms with Crippen molar-refractivity contribution < 1.29 is 9.18 Å². The lowest BCUT2D eigenvalue weighted by atomic mass is 10.2. The Morgan fingerprint density at radius 1 is 1.24 bits per heavy atom. The largest absolute Gasteiger partial charge is 0.325 e. The van der Waals surface area contributed by atoms with E-state index in [0.717, 1.165) is 11.3 Å². The summed E-state index contributed by atoms with van der Waals surface area (Å²) in [4.78, 5) is 12.3. The molecular formula is C17H16FN5OS. The van der Waals surface area contributed by atoms with E-state index in [-0.39, 0.29) is 5.91 Å². The third kappa shape index (κ3) is 4.03. The maximum absolute atomic E-state index is 13.2. The zero-order valence-electron chi connectivity index (χ0n) is 13.7. The van der Waals surface area contributed by atoms with Crippen molar-refractivity contribution in [1.29, 1.82) is 0 Å². The van der Waals surface area contributed by atoms with E-state index in [1.165, 1.54) is 23.9 Å². The van der Waals surface area contributed by atoms with E-state index in [0.29, 0.717) is 10.8 Å². The number of benzene rings is 2. The molecule has 0 unspecified atom stereocenters. The van der Waals surface area contributed by atoms with Gasteiger partial charge in [-0.25, -0.2) is 4.39 Å². The van der Waals surface area contributed by atoms with Crippen LogP contribution < -0.4 is 5.32 Å². The third-order valence-electron chi connectivity index (χ3n) is 3.53. The summed E-state index contributed by atoms with van der Waals surface area (Å²) < 4.78 is 14.8.